The lowest BCUT2D eigenvalue weighted by molar-refractivity contribution is 0.0698. The molecule has 404 valence electrons. The van der Waals surface area contributed by atoms with Gasteiger partial charge >= 0.3 is 0 Å². The number of fused-ring (bicyclic) bond motifs is 14. The summed E-state index contributed by atoms with van der Waals surface area (Å²) in [6, 6.07) is 81.7. The van der Waals surface area contributed by atoms with E-state index in [1.54, 1.807) is 0 Å². The lowest BCUT2D eigenvalue weighted by Gasteiger charge is -2.22. The van der Waals surface area contributed by atoms with Crippen molar-refractivity contribution >= 4 is 122 Å². The van der Waals surface area contributed by atoms with E-state index in [-0.39, 0.29) is 11.8 Å². The second-order valence-corrected chi connectivity index (χ2v) is 22.5. The smallest absolute Gasteiger partial charge is 0.266 e. The molecular formula is C76H46N6O4. The first-order chi connectivity index (χ1) is 42.4. The van der Waals surface area contributed by atoms with E-state index >= 15 is 0 Å². The number of para-hydroxylation sites is 8. The molecule has 10 nitrogen and oxygen atoms in total. The van der Waals surface area contributed by atoms with Gasteiger partial charge in [0, 0.05) is 48.8 Å². The molecule has 0 atom stereocenters. The second-order valence-electron chi connectivity index (χ2n) is 22.5. The molecule has 0 saturated carbocycles. The van der Waals surface area contributed by atoms with Gasteiger partial charge in [0.05, 0.1) is 94.8 Å². The summed E-state index contributed by atoms with van der Waals surface area (Å²) in [5.74, 6) is -1.52. The molecule has 15 aromatic rings. The van der Waals surface area contributed by atoms with Gasteiger partial charge in [0.2, 0.25) is 0 Å². The average molecular weight is 1110 g/mol. The van der Waals surface area contributed by atoms with Crippen LogP contribution in [0.15, 0.2) is 261 Å². The van der Waals surface area contributed by atoms with Crippen LogP contribution in [0.1, 0.15) is 59.8 Å². The summed E-state index contributed by atoms with van der Waals surface area (Å²) in [6.07, 6.45) is 4.82. The number of amides is 4. The number of hydrogen-bond donors (Lipinski definition) is 0. The predicted molar refractivity (Wildman–Crippen MR) is 344 cm³/mol. The number of allylic oxidation sites excluding steroid dienone is 4. The van der Waals surface area contributed by atoms with Gasteiger partial charge in [-0.15, -0.1) is 0 Å². The van der Waals surface area contributed by atoms with E-state index < -0.39 is 11.8 Å². The van der Waals surface area contributed by atoms with Crippen LogP contribution < -0.4 is 4.90 Å². The zero-order valence-corrected chi connectivity index (χ0v) is 46.0. The summed E-state index contributed by atoms with van der Waals surface area (Å²) in [5, 5.41) is 8.69. The number of aromatic nitrogens is 4. The fourth-order valence-electron chi connectivity index (χ4n) is 14.3. The average Bonchev–Trinajstić information content (AvgIpc) is 1.72. The van der Waals surface area contributed by atoms with Gasteiger partial charge in [-0.3, -0.25) is 19.2 Å². The van der Waals surface area contributed by atoms with Gasteiger partial charge in [0.1, 0.15) is 0 Å². The van der Waals surface area contributed by atoms with Crippen molar-refractivity contribution in [3.63, 3.8) is 0 Å². The molecule has 18 rings (SSSR count). The van der Waals surface area contributed by atoms with E-state index in [0.717, 1.165) is 121 Å². The molecule has 2 aliphatic heterocycles. The van der Waals surface area contributed by atoms with Crippen molar-refractivity contribution in [1.82, 2.24) is 23.2 Å². The molecule has 4 amide bonds. The van der Waals surface area contributed by atoms with E-state index in [9.17, 15) is 19.2 Å². The maximum absolute atomic E-state index is 15.0. The van der Waals surface area contributed by atoms with E-state index in [2.05, 4.69) is 115 Å². The third-order valence-electron chi connectivity index (χ3n) is 18.2. The van der Waals surface area contributed by atoms with Crippen LogP contribution in [0.25, 0.3) is 116 Å². The molecule has 1 aliphatic carbocycles. The lowest BCUT2D eigenvalue weighted by Crippen LogP contribution is -2.29. The number of imide groups is 2. The first-order valence-electron chi connectivity index (χ1n) is 29.0. The van der Waals surface area contributed by atoms with Crippen molar-refractivity contribution < 1.29 is 19.2 Å². The Kier molecular flexibility index (Phi) is 10.0. The minimum atomic E-state index is -0.400. The summed E-state index contributed by atoms with van der Waals surface area (Å²) in [4.78, 5) is 62.4. The highest BCUT2D eigenvalue weighted by Crippen LogP contribution is 2.45. The number of rotatable bonds is 7. The first kappa shape index (κ1) is 48.0. The molecule has 0 spiro atoms. The van der Waals surface area contributed by atoms with Crippen LogP contribution in [0, 0.1) is 0 Å². The van der Waals surface area contributed by atoms with Crippen molar-refractivity contribution in [3.05, 3.63) is 288 Å². The quantitative estimate of drug-likeness (QED) is 0.149. The molecule has 0 unspecified atom stereocenters. The lowest BCUT2D eigenvalue weighted by atomic mass is 9.95. The Morgan fingerprint density at radius 3 is 0.767 bits per heavy atom. The summed E-state index contributed by atoms with van der Waals surface area (Å²) in [5.41, 5.74) is 15.3. The Bertz CT molecular complexity index is 5130. The van der Waals surface area contributed by atoms with Gasteiger partial charge in [0.25, 0.3) is 23.6 Å². The van der Waals surface area contributed by atoms with Crippen LogP contribution in [0.4, 0.5) is 5.69 Å². The molecule has 0 saturated heterocycles. The maximum atomic E-state index is 15.0. The van der Waals surface area contributed by atoms with Crippen molar-refractivity contribution in [2.24, 2.45) is 0 Å². The van der Waals surface area contributed by atoms with Gasteiger partial charge in [-0.05, 0) is 115 Å². The van der Waals surface area contributed by atoms with Crippen LogP contribution in [0.3, 0.4) is 0 Å². The van der Waals surface area contributed by atoms with Crippen LogP contribution >= 0.6 is 0 Å². The summed E-state index contributed by atoms with van der Waals surface area (Å²) in [7, 11) is 0. The largest absolute Gasteiger partial charge is 0.307 e. The minimum absolute atomic E-state index is 0.326. The van der Waals surface area contributed by atoms with Crippen molar-refractivity contribution in [1.29, 1.82) is 0 Å². The van der Waals surface area contributed by atoms with E-state index in [1.165, 1.54) is 9.80 Å². The van der Waals surface area contributed by atoms with Crippen molar-refractivity contribution in [3.8, 4) is 22.7 Å². The molecule has 86 heavy (non-hydrogen) atoms. The predicted octanol–water partition coefficient (Wildman–Crippen LogP) is 17.2. The molecule has 11 aromatic carbocycles. The van der Waals surface area contributed by atoms with E-state index in [0.29, 0.717) is 46.5 Å². The summed E-state index contributed by atoms with van der Waals surface area (Å²) in [6.45, 7) is 0. The minimum Gasteiger partial charge on any atom is -0.307 e. The molecular weight excluding hydrogens is 1060 g/mol. The van der Waals surface area contributed by atoms with Crippen LogP contribution in [0.2, 0.25) is 0 Å². The normalized spacial score (nSPS) is 14.4. The van der Waals surface area contributed by atoms with Crippen LogP contribution in [-0.4, -0.2) is 46.8 Å². The highest BCUT2D eigenvalue weighted by atomic mass is 16.2. The number of anilines is 1. The van der Waals surface area contributed by atoms with Gasteiger partial charge in [-0.1, -0.05) is 164 Å². The number of carbonyl (C=O) groups is 4. The second kappa shape index (κ2) is 17.9. The Labute approximate surface area is 490 Å². The zero-order valence-electron chi connectivity index (χ0n) is 46.0. The summed E-state index contributed by atoms with van der Waals surface area (Å²) < 4.78 is 8.90. The van der Waals surface area contributed by atoms with Crippen LogP contribution in [-0.2, 0) is 0 Å². The molecule has 0 N–H and O–H groups in total. The van der Waals surface area contributed by atoms with Gasteiger partial charge < -0.3 is 18.3 Å². The monoisotopic (exact) mass is 1110 g/mol. The Morgan fingerprint density at radius 2 is 0.512 bits per heavy atom. The third-order valence-corrected chi connectivity index (χ3v) is 18.2. The van der Waals surface area contributed by atoms with Gasteiger partial charge in [0.15, 0.2) is 0 Å². The zero-order chi connectivity index (χ0) is 57.1. The fraction of sp³-hybridized carbons (Fsp3) is 0.0263. The number of carbonyl (C=O) groups excluding carboxylic acids is 4. The molecule has 6 heterocycles. The van der Waals surface area contributed by atoms with Crippen molar-refractivity contribution in [2.45, 2.75) is 12.8 Å². The van der Waals surface area contributed by atoms with Crippen LogP contribution in [0.5, 0.6) is 0 Å². The fourth-order valence-corrected chi connectivity index (χ4v) is 14.3. The third kappa shape index (κ3) is 6.60. The molecule has 0 bridgehead atoms. The standard InChI is InChI=1S/C76H46N6O4/c83-73-57-41-69(79-61-25-9-1-17-49(61)50-18-2-10-26-62(50)79)70(80-63-27-11-3-19-51(63)52-20-4-12-28-64(52)80)42-58(57)74(84)77(73)47-37-33-45(34-38-47)46-35-39-48(40-36-46)78-75(85)59-43-71(81-65-29-13-5-21-53(65)54-22-6-14-30-66(54)81)72(44-60(59)76(78)86)82-67-31-15-7-23-55(67)56-24-8-16-32-68(56)82/h1-35,37-39,41-44H,36,40H2. The summed E-state index contributed by atoms with van der Waals surface area (Å²) >= 11 is 0. The topological polar surface area (TPSA) is 94.5 Å². The Balaban J connectivity index is 0.703. The Hall–Kier alpha value is -11.6. The molecule has 10 heteroatoms. The van der Waals surface area contributed by atoms with E-state index in [4.69, 9.17) is 0 Å². The van der Waals surface area contributed by atoms with Gasteiger partial charge in [-0.2, -0.15) is 0 Å². The highest BCUT2D eigenvalue weighted by Gasteiger charge is 2.41. The molecule has 3 aliphatic rings. The molecule has 0 radical (unpaired) electrons. The first-order valence-corrected chi connectivity index (χ1v) is 29.0. The highest BCUT2D eigenvalue weighted by molar-refractivity contribution is 6.35. The number of nitrogens with zero attached hydrogens (tertiary/aromatic N) is 6. The molecule has 0 fully saturated rings. The van der Waals surface area contributed by atoms with E-state index in [1.807, 2.05) is 158 Å². The van der Waals surface area contributed by atoms with Crippen molar-refractivity contribution in [2.75, 3.05) is 4.90 Å². The number of hydrogen-bond acceptors (Lipinski definition) is 4. The maximum Gasteiger partial charge on any atom is 0.266 e. The number of benzene rings is 11. The van der Waals surface area contributed by atoms with Gasteiger partial charge in [-0.25, -0.2) is 9.80 Å². The Morgan fingerprint density at radius 1 is 0.256 bits per heavy atom. The SMILES string of the molecule is O=C1c2cc(-n3c4ccccc4c4ccccc43)c(-n3c4ccccc4c4ccccc43)cc2C(=O)N1C1=CC=C(c2ccc(N3C(=O)c4cc(-n5c6ccccc6c6ccccc65)c(-n5c6ccccc6c6ccccc65)cc4C3=O)cc2)CC1. The molecule has 4 aromatic heterocycles.